The number of carbonyl (C=O) groups excluding carboxylic acids is 2. The topological polar surface area (TPSA) is 225 Å². The van der Waals surface area contributed by atoms with Crippen LogP contribution in [0.1, 0.15) is 113 Å². The molecule has 4 heterocycles. The van der Waals surface area contributed by atoms with Crippen LogP contribution in [0.4, 0.5) is 8.78 Å². The van der Waals surface area contributed by atoms with E-state index in [2.05, 4.69) is 14.7 Å². The second kappa shape index (κ2) is 24.5. The predicted molar refractivity (Wildman–Crippen MR) is 274 cm³/mol. The van der Waals surface area contributed by atoms with E-state index in [9.17, 15) is 45.4 Å². The van der Waals surface area contributed by atoms with Gasteiger partial charge in [0.15, 0.2) is 0 Å². The lowest BCUT2D eigenvalue weighted by Crippen LogP contribution is -2.30. The lowest BCUT2D eigenvalue weighted by Gasteiger charge is -2.18. The lowest BCUT2D eigenvalue weighted by atomic mass is 9.87. The highest BCUT2D eigenvalue weighted by molar-refractivity contribution is 7.92. The van der Waals surface area contributed by atoms with Gasteiger partial charge in [-0.05, 0) is 179 Å². The SMILES string of the molecule is CC(C)(O)c1csc(S(N)(=O)=O)c1.COc1cc(-c2cc(F)cc(C(C)C)c2CCC(=O)Cl)ccn1.COc1cc(-c2cc(F)cc(C(C)C)c2CCC(=O)NS(=O)(=O)c2cc(C(C)(C)O)cs2)ccn1. The minimum absolute atomic E-state index is 0.0265. The van der Waals surface area contributed by atoms with Crippen molar-refractivity contribution in [3.63, 3.8) is 0 Å². The number of halogens is 3. The number of amides is 1. The Hall–Kier alpha value is -5.19. The van der Waals surface area contributed by atoms with Crippen molar-refractivity contribution in [3.05, 3.63) is 129 Å². The van der Waals surface area contributed by atoms with Crippen molar-refractivity contribution in [3.8, 4) is 34.0 Å². The van der Waals surface area contributed by atoms with Gasteiger partial charge in [0.05, 0.1) is 25.4 Å². The molecule has 0 radical (unpaired) electrons. The van der Waals surface area contributed by atoms with Gasteiger partial charge >= 0.3 is 0 Å². The third-order valence-corrected chi connectivity index (χ3v) is 16.2. The van der Waals surface area contributed by atoms with Crippen molar-refractivity contribution in [2.45, 2.75) is 113 Å². The molecule has 71 heavy (non-hydrogen) atoms. The minimum Gasteiger partial charge on any atom is -0.481 e. The van der Waals surface area contributed by atoms with Crippen LogP contribution in [0, 0.1) is 11.6 Å². The van der Waals surface area contributed by atoms with Crippen molar-refractivity contribution in [2.24, 2.45) is 5.14 Å². The summed E-state index contributed by atoms with van der Waals surface area (Å²) in [5.41, 5.74) is 4.90. The van der Waals surface area contributed by atoms with Gasteiger partial charge in [-0.2, -0.15) is 0 Å². The van der Waals surface area contributed by atoms with Crippen molar-refractivity contribution in [1.29, 1.82) is 0 Å². The number of primary sulfonamides is 1. The summed E-state index contributed by atoms with van der Waals surface area (Å²) < 4.78 is 88.2. The van der Waals surface area contributed by atoms with E-state index in [0.717, 1.165) is 56.1 Å². The van der Waals surface area contributed by atoms with Gasteiger partial charge < -0.3 is 19.7 Å². The van der Waals surface area contributed by atoms with E-state index < -0.39 is 48.2 Å². The van der Waals surface area contributed by atoms with Crippen LogP contribution < -0.4 is 19.3 Å². The van der Waals surface area contributed by atoms with Crippen LogP contribution in [0.2, 0.25) is 0 Å². The highest BCUT2D eigenvalue weighted by atomic mass is 35.5. The number of nitrogens with two attached hydrogens (primary N) is 1. The van der Waals surface area contributed by atoms with Crippen molar-refractivity contribution < 1.29 is 54.9 Å². The summed E-state index contributed by atoms with van der Waals surface area (Å²) in [7, 11) is -4.70. The molecule has 0 unspecified atom stereocenters. The van der Waals surface area contributed by atoms with Crippen LogP contribution in [0.5, 0.6) is 11.8 Å². The predicted octanol–water partition coefficient (Wildman–Crippen LogP) is 10.1. The summed E-state index contributed by atoms with van der Waals surface area (Å²) >= 11 is 7.43. The number of hydrogen-bond acceptors (Lipinski definition) is 14. The number of hydrogen-bond donors (Lipinski definition) is 4. The Kier molecular flexibility index (Phi) is 20.1. The van der Waals surface area contributed by atoms with Gasteiger partial charge in [-0.1, -0.05) is 27.7 Å². The number of sulfonamides is 2. The number of thiophene rings is 2. The van der Waals surface area contributed by atoms with Gasteiger partial charge in [0.2, 0.25) is 32.9 Å². The molecule has 5 N–H and O–H groups in total. The number of carbonyl (C=O) groups is 2. The van der Waals surface area contributed by atoms with Gasteiger partial charge in [-0.3, -0.25) is 9.59 Å². The fourth-order valence-corrected chi connectivity index (χ4v) is 11.3. The number of aromatic nitrogens is 2. The van der Waals surface area contributed by atoms with E-state index in [1.165, 1.54) is 50.6 Å². The largest absolute Gasteiger partial charge is 0.481 e. The molecule has 0 saturated heterocycles. The molecule has 14 nitrogen and oxygen atoms in total. The van der Waals surface area contributed by atoms with Crippen LogP contribution in [-0.4, -0.2) is 62.4 Å². The molecule has 6 aromatic rings. The quantitative estimate of drug-likeness (QED) is 0.0626. The number of aliphatic hydroxyl groups is 2. The summed E-state index contributed by atoms with van der Waals surface area (Å²) in [5, 5.41) is 27.3. The van der Waals surface area contributed by atoms with Crippen molar-refractivity contribution in [2.75, 3.05) is 14.2 Å². The molecule has 0 fully saturated rings. The average molecular weight is 1080 g/mol. The molecule has 0 spiro atoms. The van der Waals surface area contributed by atoms with Crippen LogP contribution >= 0.6 is 34.3 Å². The van der Waals surface area contributed by atoms with E-state index >= 15 is 0 Å². The molecule has 4 aromatic heterocycles. The van der Waals surface area contributed by atoms with Crippen LogP contribution in [0.15, 0.2) is 92.2 Å². The molecule has 1 amide bonds. The number of benzene rings is 2. The molecule has 6 rings (SSSR count). The van der Waals surface area contributed by atoms with Crippen LogP contribution in [0.25, 0.3) is 22.3 Å². The van der Waals surface area contributed by atoms with Gasteiger partial charge in [0.25, 0.3) is 10.0 Å². The first-order valence-corrected chi connectivity index (χ1v) is 27.2. The van der Waals surface area contributed by atoms with E-state index in [4.69, 9.17) is 26.2 Å². The molecule has 384 valence electrons. The monoisotopic (exact) mass is 1080 g/mol. The maximum Gasteiger partial charge on any atom is 0.273 e. The van der Waals surface area contributed by atoms with Gasteiger partial charge in [0.1, 0.15) is 20.1 Å². The molecular formula is C50H59ClF2N4O10S4. The molecule has 0 atom stereocenters. The fourth-order valence-electron chi connectivity index (χ4n) is 7.07. The van der Waals surface area contributed by atoms with Gasteiger partial charge in [-0.15, -0.1) is 22.7 Å². The van der Waals surface area contributed by atoms with Crippen LogP contribution in [0.3, 0.4) is 0 Å². The first kappa shape index (κ1) is 58.4. The average Bonchev–Trinajstić information content (AvgIpc) is 4.01. The molecule has 0 aliphatic heterocycles. The third kappa shape index (κ3) is 16.7. The zero-order chi connectivity index (χ0) is 53.2. The van der Waals surface area contributed by atoms with E-state index in [1.807, 2.05) is 27.7 Å². The summed E-state index contributed by atoms with van der Waals surface area (Å²) in [6.45, 7) is 14.1. The summed E-state index contributed by atoms with van der Waals surface area (Å²) in [4.78, 5) is 32.0. The Bertz CT molecular complexity index is 3060. The standard InChI is InChI=1S/C25H29FN2O5S2.C18H19ClFNO2.C7H11NO3S2/c1-15(2)20-12-18(26)13-21(16-8-9-27-23(10-16)33-5)19(20)6-7-22(29)28-35(31,32)24-11-17(14-34-24)25(3,4)30;1-11(2)15-9-13(20)10-16(14(15)4-5-17(19)22)12-6-7-21-18(8-12)23-3;1-7(2,9)5-3-6(12-4-5)13(8,10)11/h8-15,30H,6-7H2,1-5H3,(H,28,29);6-11H,4-5H2,1-3H3;3-4,9H,1-2H3,(H2,8,10,11). The lowest BCUT2D eigenvalue weighted by molar-refractivity contribution is -0.119. The number of nitrogens with zero attached hydrogens (tertiary/aromatic N) is 2. The molecule has 0 saturated carbocycles. The van der Waals surface area contributed by atoms with Gasteiger partial charge in [0, 0.05) is 37.4 Å². The zero-order valence-electron chi connectivity index (χ0n) is 41.0. The Labute approximate surface area is 427 Å². The Morgan fingerprint density at radius 1 is 0.704 bits per heavy atom. The summed E-state index contributed by atoms with van der Waals surface area (Å²) in [6.07, 6.45) is 3.93. The number of ether oxygens (including phenoxy) is 2. The van der Waals surface area contributed by atoms with E-state index in [-0.39, 0.29) is 45.3 Å². The first-order valence-electron chi connectivity index (χ1n) is 22.0. The maximum atomic E-state index is 14.5. The highest BCUT2D eigenvalue weighted by Gasteiger charge is 2.26. The third-order valence-electron chi connectivity index (χ3n) is 10.8. The number of methoxy groups -OCH3 is 2. The number of nitrogens with one attached hydrogen (secondary N) is 1. The maximum absolute atomic E-state index is 14.5. The summed E-state index contributed by atoms with van der Waals surface area (Å²) in [6, 6.07) is 15.6. The zero-order valence-corrected chi connectivity index (χ0v) is 45.0. The van der Waals surface area contributed by atoms with E-state index in [1.54, 1.807) is 75.1 Å². The number of pyridine rings is 2. The Balaban J connectivity index is 0.000000259. The molecule has 0 aliphatic carbocycles. The first-order chi connectivity index (χ1) is 32.9. The number of rotatable bonds is 17. The van der Waals surface area contributed by atoms with E-state index in [0.29, 0.717) is 40.4 Å². The minimum atomic E-state index is -4.08. The molecule has 2 aromatic carbocycles. The van der Waals surface area contributed by atoms with Crippen molar-refractivity contribution in [1.82, 2.24) is 14.7 Å². The summed E-state index contributed by atoms with van der Waals surface area (Å²) in [5.74, 6) is -0.460. The molecule has 21 heteroatoms. The van der Waals surface area contributed by atoms with Crippen LogP contribution in [-0.2, 0) is 53.7 Å². The molecular weight excluding hydrogens is 1020 g/mol. The Morgan fingerprint density at radius 2 is 1.11 bits per heavy atom. The second-order valence-corrected chi connectivity index (χ2v) is 23.8. The fraction of sp³-hybridized carbons (Fsp3) is 0.360. The second-order valence-electron chi connectivity index (χ2n) is 17.9. The van der Waals surface area contributed by atoms with Crippen molar-refractivity contribution >= 4 is 65.5 Å². The normalized spacial score (nSPS) is 11.9. The smallest absolute Gasteiger partial charge is 0.273 e. The Morgan fingerprint density at radius 3 is 1.46 bits per heavy atom. The highest BCUT2D eigenvalue weighted by Crippen LogP contribution is 2.36. The molecule has 0 aliphatic rings. The van der Waals surface area contributed by atoms with Gasteiger partial charge in [-0.25, -0.2) is 45.4 Å². The molecule has 0 bridgehead atoms.